The van der Waals surface area contributed by atoms with Crippen LogP contribution in [-0.4, -0.2) is 0 Å². The van der Waals surface area contributed by atoms with Gasteiger partial charge in [0.2, 0.25) is 0 Å². The molecule has 0 N–H and O–H groups in total. The average molecular weight is 214 g/mol. The number of hydrogen-bond donors (Lipinski definition) is 0. The van der Waals surface area contributed by atoms with E-state index in [1.54, 1.807) is 11.1 Å². The minimum Gasteiger partial charge on any atom is -0.0683 e. The van der Waals surface area contributed by atoms with Crippen LogP contribution in [0.2, 0.25) is 0 Å². The van der Waals surface area contributed by atoms with Gasteiger partial charge in [-0.15, -0.1) is 0 Å². The van der Waals surface area contributed by atoms with Crippen molar-refractivity contribution in [2.75, 3.05) is 0 Å². The Kier molecular flexibility index (Phi) is 3.48. The molecular weight excluding hydrogens is 192 g/mol. The Balaban J connectivity index is 2.39. The van der Waals surface area contributed by atoms with Gasteiger partial charge in [0.25, 0.3) is 0 Å². The Morgan fingerprint density at radius 2 is 1.81 bits per heavy atom. The van der Waals surface area contributed by atoms with Crippen LogP contribution in [0.1, 0.15) is 55.9 Å². The predicted octanol–water partition coefficient (Wildman–Crippen LogP) is 4.55. The first-order valence-electron chi connectivity index (χ1n) is 6.56. The van der Waals surface area contributed by atoms with Crippen molar-refractivity contribution in [2.24, 2.45) is 0 Å². The predicted molar refractivity (Wildman–Crippen MR) is 71.8 cm³/mol. The van der Waals surface area contributed by atoms with Crippen molar-refractivity contribution in [1.82, 2.24) is 0 Å². The number of fused-ring (bicyclic) bond motifs is 1. The van der Waals surface area contributed by atoms with E-state index in [4.69, 9.17) is 0 Å². The molecule has 1 aliphatic carbocycles. The SMILES string of the molecule is CCCc1cc2c(c(CCC)c1)CC(C)=C2. The van der Waals surface area contributed by atoms with Crippen molar-refractivity contribution >= 4 is 6.08 Å². The Hall–Kier alpha value is -1.04. The average Bonchev–Trinajstić information content (AvgIpc) is 2.60. The molecule has 0 atom stereocenters. The minimum atomic E-state index is 1.18. The molecule has 2 rings (SSSR count). The Labute approximate surface area is 99.4 Å². The van der Waals surface area contributed by atoms with E-state index in [1.165, 1.54) is 48.8 Å². The maximum absolute atomic E-state index is 2.44. The molecule has 0 unspecified atom stereocenters. The molecule has 0 saturated carbocycles. The van der Waals surface area contributed by atoms with Gasteiger partial charge in [0.1, 0.15) is 0 Å². The van der Waals surface area contributed by atoms with Gasteiger partial charge in [-0.05, 0) is 48.4 Å². The first kappa shape index (κ1) is 11.4. The smallest absolute Gasteiger partial charge is 0.00579 e. The van der Waals surface area contributed by atoms with E-state index in [-0.39, 0.29) is 0 Å². The minimum absolute atomic E-state index is 1.18. The van der Waals surface area contributed by atoms with E-state index >= 15 is 0 Å². The highest BCUT2D eigenvalue weighted by Gasteiger charge is 2.14. The fourth-order valence-electron chi connectivity index (χ4n) is 2.69. The third-order valence-electron chi connectivity index (χ3n) is 3.35. The summed E-state index contributed by atoms with van der Waals surface area (Å²) in [5.41, 5.74) is 7.72. The molecule has 0 amide bonds. The third-order valence-corrected chi connectivity index (χ3v) is 3.35. The lowest BCUT2D eigenvalue weighted by molar-refractivity contribution is 0.883. The van der Waals surface area contributed by atoms with Crippen molar-refractivity contribution in [2.45, 2.75) is 52.9 Å². The second kappa shape index (κ2) is 4.86. The summed E-state index contributed by atoms with van der Waals surface area (Å²) in [6, 6.07) is 4.84. The molecule has 16 heavy (non-hydrogen) atoms. The molecule has 0 fully saturated rings. The van der Waals surface area contributed by atoms with Crippen LogP contribution >= 0.6 is 0 Å². The summed E-state index contributed by atoms with van der Waals surface area (Å²) in [4.78, 5) is 0. The third kappa shape index (κ3) is 2.21. The van der Waals surface area contributed by atoms with Gasteiger partial charge in [-0.2, -0.15) is 0 Å². The molecule has 0 saturated heterocycles. The van der Waals surface area contributed by atoms with Crippen molar-refractivity contribution < 1.29 is 0 Å². The Morgan fingerprint density at radius 3 is 2.50 bits per heavy atom. The standard InChI is InChI=1S/C16H22/c1-4-6-13-10-14(7-5-2)16-9-12(3)8-15(16)11-13/h8,10-11H,4-7,9H2,1-3H3. The molecule has 1 aromatic carbocycles. The van der Waals surface area contributed by atoms with Gasteiger partial charge >= 0.3 is 0 Å². The van der Waals surface area contributed by atoms with Crippen LogP contribution in [0.15, 0.2) is 17.7 Å². The summed E-state index contributed by atoms with van der Waals surface area (Å²) in [7, 11) is 0. The van der Waals surface area contributed by atoms with Crippen LogP contribution in [0, 0.1) is 0 Å². The molecule has 0 aromatic heterocycles. The molecular formula is C16H22. The molecule has 0 nitrogen and oxygen atoms in total. The van der Waals surface area contributed by atoms with Gasteiger partial charge in [-0.3, -0.25) is 0 Å². The normalized spacial score (nSPS) is 13.8. The van der Waals surface area contributed by atoms with Gasteiger partial charge in [0, 0.05) is 0 Å². The van der Waals surface area contributed by atoms with Crippen LogP contribution in [0.25, 0.3) is 6.08 Å². The topological polar surface area (TPSA) is 0 Å². The molecule has 86 valence electrons. The molecule has 0 heteroatoms. The number of aryl methyl sites for hydroxylation is 2. The molecule has 0 spiro atoms. The Bertz CT molecular complexity index is 410. The molecule has 0 bridgehead atoms. The van der Waals surface area contributed by atoms with Crippen LogP contribution < -0.4 is 0 Å². The molecule has 1 aliphatic rings. The maximum Gasteiger partial charge on any atom is -0.00579 e. The summed E-state index contributed by atoms with van der Waals surface area (Å²) >= 11 is 0. The van der Waals surface area contributed by atoms with Crippen LogP contribution in [-0.2, 0) is 19.3 Å². The summed E-state index contributed by atoms with van der Waals surface area (Å²) in [6.45, 7) is 6.77. The van der Waals surface area contributed by atoms with E-state index in [9.17, 15) is 0 Å². The largest absolute Gasteiger partial charge is 0.0683 e. The highest BCUT2D eigenvalue weighted by atomic mass is 14.2. The van der Waals surface area contributed by atoms with E-state index in [2.05, 4.69) is 39.0 Å². The Morgan fingerprint density at radius 1 is 1.06 bits per heavy atom. The van der Waals surface area contributed by atoms with Gasteiger partial charge in [-0.1, -0.05) is 50.5 Å². The highest BCUT2D eigenvalue weighted by Crippen LogP contribution is 2.30. The van der Waals surface area contributed by atoms with E-state index in [0.717, 1.165) is 0 Å². The quantitative estimate of drug-likeness (QED) is 0.689. The lowest BCUT2D eigenvalue weighted by Gasteiger charge is -2.11. The summed E-state index contributed by atoms with van der Waals surface area (Å²) < 4.78 is 0. The van der Waals surface area contributed by atoms with Crippen molar-refractivity contribution in [1.29, 1.82) is 0 Å². The zero-order chi connectivity index (χ0) is 11.5. The van der Waals surface area contributed by atoms with Crippen molar-refractivity contribution in [3.63, 3.8) is 0 Å². The van der Waals surface area contributed by atoms with E-state index in [1.807, 2.05) is 0 Å². The van der Waals surface area contributed by atoms with Gasteiger partial charge in [0.15, 0.2) is 0 Å². The first-order chi connectivity index (χ1) is 7.74. The van der Waals surface area contributed by atoms with Gasteiger partial charge in [-0.25, -0.2) is 0 Å². The highest BCUT2D eigenvalue weighted by molar-refractivity contribution is 5.66. The molecule has 0 radical (unpaired) electrons. The fourth-order valence-corrected chi connectivity index (χ4v) is 2.69. The van der Waals surface area contributed by atoms with Crippen LogP contribution in [0.3, 0.4) is 0 Å². The zero-order valence-corrected chi connectivity index (χ0v) is 10.8. The molecule has 1 aromatic rings. The van der Waals surface area contributed by atoms with Gasteiger partial charge in [0.05, 0.1) is 0 Å². The maximum atomic E-state index is 2.44. The second-order valence-corrected chi connectivity index (χ2v) is 4.99. The van der Waals surface area contributed by atoms with Crippen LogP contribution in [0.4, 0.5) is 0 Å². The fraction of sp³-hybridized carbons (Fsp3) is 0.500. The number of allylic oxidation sites excluding steroid dienone is 1. The number of hydrogen-bond acceptors (Lipinski definition) is 0. The lowest BCUT2D eigenvalue weighted by Crippen LogP contribution is -1.97. The summed E-state index contributed by atoms with van der Waals surface area (Å²) in [6.07, 6.45) is 8.50. The first-order valence-corrected chi connectivity index (χ1v) is 6.56. The zero-order valence-electron chi connectivity index (χ0n) is 10.8. The van der Waals surface area contributed by atoms with Gasteiger partial charge < -0.3 is 0 Å². The van der Waals surface area contributed by atoms with Crippen LogP contribution in [0.5, 0.6) is 0 Å². The van der Waals surface area contributed by atoms with E-state index in [0.29, 0.717) is 0 Å². The van der Waals surface area contributed by atoms with E-state index < -0.39 is 0 Å². The second-order valence-electron chi connectivity index (χ2n) is 4.99. The molecule has 0 aliphatic heterocycles. The summed E-state index contributed by atoms with van der Waals surface area (Å²) in [5.74, 6) is 0. The van der Waals surface area contributed by atoms with Crippen molar-refractivity contribution in [3.8, 4) is 0 Å². The number of rotatable bonds is 4. The lowest BCUT2D eigenvalue weighted by atomic mass is 9.94. The van der Waals surface area contributed by atoms with Crippen molar-refractivity contribution in [3.05, 3.63) is 40.0 Å². The summed E-state index contributed by atoms with van der Waals surface area (Å²) in [5, 5.41) is 0. The molecule has 0 heterocycles. The number of benzene rings is 1. The monoisotopic (exact) mass is 214 g/mol.